The van der Waals surface area contributed by atoms with Gasteiger partial charge >= 0.3 is 0 Å². The summed E-state index contributed by atoms with van der Waals surface area (Å²) in [7, 11) is 0. The molecule has 3 nitrogen and oxygen atoms in total. The Morgan fingerprint density at radius 1 is 1.25 bits per heavy atom. The maximum Gasteiger partial charge on any atom is 0.199 e. The second-order valence-electron chi connectivity index (χ2n) is 4.19. The van der Waals surface area contributed by atoms with Crippen LogP contribution < -0.4 is 0 Å². The van der Waals surface area contributed by atoms with E-state index in [1.165, 1.54) is 19.3 Å². The second-order valence-corrected chi connectivity index (χ2v) is 4.57. The third-order valence-corrected chi connectivity index (χ3v) is 3.46. The number of nitrogens with zero attached hydrogens (tertiary/aromatic N) is 2. The van der Waals surface area contributed by atoms with Crippen LogP contribution >= 0.6 is 12.2 Å². The molecule has 0 radical (unpaired) electrons. The Balaban J connectivity index is 2.12. The van der Waals surface area contributed by atoms with Gasteiger partial charge in [-0.3, -0.25) is 9.67 Å². The molecule has 1 aliphatic rings. The van der Waals surface area contributed by atoms with Gasteiger partial charge in [-0.05, 0) is 37.2 Å². The molecular weight excluding hydrogens is 218 g/mol. The van der Waals surface area contributed by atoms with Gasteiger partial charge in [-0.25, -0.2) is 0 Å². The van der Waals surface area contributed by atoms with Crippen molar-refractivity contribution < 1.29 is 0 Å². The van der Waals surface area contributed by atoms with Gasteiger partial charge in [0.25, 0.3) is 0 Å². The van der Waals surface area contributed by atoms with Crippen LogP contribution in [0.3, 0.4) is 0 Å². The molecular formula is C12H13N3S. The summed E-state index contributed by atoms with van der Waals surface area (Å²) in [5.41, 5.74) is 1.10. The van der Waals surface area contributed by atoms with Gasteiger partial charge in [0.1, 0.15) is 5.82 Å². The minimum Gasteiger partial charge on any atom is -0.272 e. The Bertz CT molecular complexity index is 537. The highest BCUT2D eigenvalue weighted by Gasteiger charge is 2.25. The Hall–Kier alpha value is -1.42. The number of hydrogen-bond donors (Lipinski definition) is 1. The first-order valence-electron chi connectivity index (χ1n) is 5.59. The molecule has 1 aliphatic carbocycles. The number of para-hydroxylation sites is 1. The van der Waals surface area contributed by atoms with Crippen molar-refractivity contribution in [1.29, 1.82) is 0 Å². The van der Waals surface area contributed by atoms with E-state index in [0.717, 1.165) is 11.5 Å². The third kappa shape index (κ3) is 1.50. The lowest BCUT2D eigenvalue weighted by Crippen LogP contribution is -2.14. The van der Waals surface area contributed by atoms with Crippen molar-refractivity contribution in [3.63, 3.8) is 0 Å². The van der Waals surface area contributed by atoms with Crippen molar-refractivity contribution in [1.82, 2.24) is 14.8 Å². The van der Waals surface area contributed by atoms with E-state index in [9.17, 15) is 0 Å². The summed E-state index contributed by atoms with van der Waals surface area (Å²) in [6.45, 7) is 0. The van der Waals surface area contributed by atoms with Crippen LogP contribution in [0.4, 0.5) is 0 Å². The second kappa shape index (κ2) is 3.87. The van der Waals surface area contributed by atoms with Crippen LogP contribution in [0, 0.1) is 4.77 Å². The minimum absolute atomic E-state index is 0.577. The van der Waals surface area contributed by atoms with E-state index in [0.29, 0.717) is 10.7 Å². The van der Waals surface area contributed by atoms with Crippen LogP contribution in [0.25, 0.3) is 5.69 Å². The molecule has 3 rings (SSSR count). The smallest absolute Gasteiger partial charge is 0.199 e. The first kappa shape index (κ1) is 9.78. The number of rotatable bonds is 2. The van der Waals surface area contributed by atoms with Crippen LogP contribution in [0.15, 0.2) is 30.3 Å². The van der Waals surface area contributed by atoms with E-state index in [2.05, 4.69) is 26.9 Å². The molecule has 0 bridgehead atoms. The van der Waals surface area contributed by atoms with E-state index in [1.54, 1.807) is 0 Å². The maximum absolute atomic E-state index is 5.29. The summed E-state index contributed by atoms with van der Waals surface area (Å²) < 4.78 is 2.74. The lowest BCUT2D eigenvalue weighted by atomic mass is 9.85. The summed E-state index contributed by atoms with van der Waals surface area (Å²) in [6.07, 6.45) is 3.76. The highest BCUT2D eigenvalue weighted by molar-refractivity contribution is 7.71. The zero-order valence-electron chi connectivity index (χ0n) is 8.89. The van der Waals surface area contributed by atoms with Gasteiger partial charge in [0.2, 0.25) is 0 Å². The Kier molecular flexibility index (Phi) is 2.36. The Morgan fingerprint density at radius 2 is 2.00 bits per heavy atom. The quantitative estimate of drug-likeness (QED) is 0.805. The molecule has 1 aromatic carbocycles. The Labute approximate surface area is 99.1 Å². The normalized spacial score (nSPS) is 16.0. The number of aromatic amines is 1. The molecule has 0 aliphatic heterocycles. The van der Waals surface area contributed by atoms with E-state index >= 15 is 0 Å². The molecule has 0 atom stereocenters. The maximum atomic E-state index is 5.29. The van der Waals surface area contributed by atoms with E-state index < -0.39 is 0 Å². The highest BCUT2D eigenvalue weighted by Crippen LogP contribution is 2.36. The zero-order valence-corrected chi connectivity index (χ0v) is 9.70. The highest BCUT2D eigenvalue weighted by atomic mass is 32.1. The standard InChI is InChI=1S/C12H13N3S/c16-12-14-13-11(9-5-4-6-9)15(12)10-7-2-1-3-8-10/h1-3,7-9H,4-6H2,(H,14,16). The van der Waals surface area contributed by atoms with Crippen molar-refractivity contribution in [3.8, 4) is 5.69 Å². The molecule has 1 N–H and O–H groups in total. The van der Waals surface area contributed by atoms with Crippen molar-refractivity contribution in [2.75, 3.05) is 0 Å². The summed E-state index contributed by atoms with van der Waals surface area (Å²) in [5, 5.41) is 7.26. The molecule has 1 heterocycles. The molecule has 0 amide bonds. The van der Waals surface area contributed by atoms with Gasteiger partial charge in [-0.1, -0.05) is 24.6 Å². The summed E-state index contributed by atoms with van der Waals surface area (Å²) in [4.78, 5) is 0. The fourth-order valence-corrected chi connectivity index (χ4v) is 2.32. The van der Waals surface area contributed by atoms with E-state index in [-0.39, 0.29) is 0 Å². The molecule has 1 aromatic heterocycles. The summed E-state index contributed by atoms with van der Waals surface area (Å²) >= 11 is 5.29. The van der Waals surface area contributed by atoms with Gasteiger partial charge < -0.3 is 0 Å². The molecule has 0 unspecified atom stereocenters. The fourth-order valence-electron chi connectivity index (χ4n) is 2.08. The van der Waals surface area contributed by atoms with Crippen molar-refractivity contribution in [2.45, 2.75) is 25.2 Å². The molecule has 16 heavy (non-hydrogen) atoms. The number of nitrogens with one attached hydrogen (secondary N) is 1. The van der Waals surface area contributed by atoms with Crippen LogP contribution in [0.1, 0.15) is 31.0 Å². The van der Waals surface area contributed by atoms with Gasteiger partial charge in [0.15, 0.2) is 4.77 Å². The van der Waals surface area contributed by atoms with E-state index in [1.807, 2.05) is 18.2 Å². The number of H-pyrrole nitrogens is 1. The molecule has 1 fully saturated rings. The average Bonchev–Trinajstić information content (AvgIpc) is 2.59. The minimum atomic E-state index is 0.577. The molecule has 0 saturated heterocycles. The lowest BCUT2D eigenvalue weighted by Gasteiger charge is -2.24. The van der Waals surface area contributed by atoms with E-state index in [4.69, 9.17) is 12.2 Å². The van der Waals surface area contributed by atoms with Crippen LogP contribution in [-0.4, -0.2) is 14.8 Å². The first-order valence-corrected chi connectivity index (χ1v) is 6.00. The molecule has 0 spiro atoms. The zero-order chi connectivity index (χ0) is 11.0. The summed E-state index contributed by atoms with van der Waals surface area (Å²) in [6, 6.07) is 10.2. The number of benzene rings is 1. The van der Waals surface area contributed by atoms with Crippen LogP contribution in [-0.2, 0) is 0 Å². The van der Waals surface area contributed by atoms with Crippen LogP contribution in [0.2, 0.25) is 0 Å². The van der Waals surface area contributed by atoms with Gasteiger partial charge in [0.05, 0.1) is 0 Å². The third-order valence-electron chi connectivity index (χ3n) is 3.18. The van der Waals surface area contributed by atoms with Gasteiger partial charge in [0, 0.05) is 11.6 Å². The topological polar surface area (TPSA) is 33.6 Å². The largest absolute Gasteiger partial charge is 0.272 e. The van der Waals surface area contributed by atoms with Gasteiger partial charge in [-0.15, -0.1) is 0 Å². The first-order chi connectivity index (χ1) is 7.86. The SMILES string of the molecule is S=c1[nH]nc(C2CCC2)n1-c1ccccc1. The molecule has 4 heteroatoms. The van der Waals surface area contributed by atoms with Crippen LogP contribution in [0.5, 0.6) is 0 Å². The summed E-state index contributed by atoms with van der Waals surface area (Å²) in [5.74, 6) is 1.66. The van der Waals surface area contributed by atoms with Crippen molar-refractivity contribution >= 4 is 12.2 Å². The number of hydrogen-bond acceptors (Lipinski definition) is 2. The average molecular weight is 231 g/mol. The predicted octanol–water partition coefficient (Wildman–Crippen LogP) is 3.20. The Morgan fingerprint density at radius 3 is 2.62 bits per heavy atom. The van der Waals surface area contributed by atoms with Crippen molar-refractivity contribution in [3.05, 3.63) is 40.9 Å². The molecule has 1 saturated carbocycles. The monoisotopic (exact) mass is 231 g/mol. The lowest BCUT2D eigenvalue weighted by molar-refractivity contribution is 0.396. The van der Waals surface area contributed by atoms with Crippen molar-refractivity contribution in [2.24, 2.45) is 0 Å². The predicted molar refractivity (Wildman–Crippen MR) is 65.3 cm³/mol. The van der Waals surface area contributed by atoms with Gasteiger partial charge in [-0.2, -0.15) is 5.10 Å². The fraction of sp³-hybridized carbons (Fsp3) is 0.333. The molecule has 82 valence electrons. The molecule has 2 aromatic rings. The number of aromatic nitrogens is 3.